The van der Waals surface area contributed by atoms with E-state index in [1.54, 1.807) is 11.3 Å². The summed E-state index contributed by atoms with van der Waals surface area (Å²) in [5.41, 5.74) is 8.34. The summed E-state index contributed by atoms with van der Waals surface area (Å²) in [5.74, 6) is 0. The van der Waals surface area contributed by atoms with E-state index in [9.17, 15) is 0 Å². The average Bonchev–Trinajstić information content (AvgIpc) is 2.79. The van der Waals surface area contributed by atoms with Gasteiger partial charge in [-0.3, -0.25) is 0 Å². The van der Waals surface area contributed by atoms with Crippen molar-refractivity contribution < 1.29 is 0 Å². The largest absolute Gasteiger partial charge is 0.344 e. The summed E-state index contributed by atoms with van der Waals surface area (Å²) in [6.45, 7) is 8.04. The van der Waals surface area contributed by atoms with Crippen LogP contribution in [0.15, 0.2) is 30.3 Å². The fraction of sp³-hybridized carbons (Fsp3) is 0.400. The molecule has 0 fully saturated rings. The van der Waals surface area contributed by atoms with Gasteiger partial charge < -0.3 is 10.6 Å². The number of anilines is 1. The molecule has 0 radical (unpaired) electrons. The summed E-state index contributed by atoms with van der Waals surface area (Å²) in [6.07, 6.45) is 0. The van der Waals surface area contributed by atoms with E-state index >= 15 is 0 Å². The third kappa shape index (κ3) is 3.33. The van der Waals surface area contributed by atoms with Crippen LogP contribution in [0, 0.1) is 6.92 Å². The van der Waals surface area contributed by atoms with Gasteiger partial charge in [0.2, 0.25) is 0 Å². The summed E-state index contributed by atoms with van der Waals surface area (Å²) in [5, 5.41) is 1.07. The van der Waals surface area contributed by atoms with Gasteiger partial charge in [0.15, 0.2) is 5.13 Å². The molecule has 2 rings (SSSR count). The van der Waals surface area contributed by atoms with E-state index in [1.807, 2.05) is 19.9 Å². The molecule has 1 heterocycles. The molecule has 19 heavy (non-hydrogen) atoms. The summed E-state index contributed by atoms with van der Waals surface area (Å²) in [6, 6.07) is 10.5. The Morgan fingerprint density at radius 1 is 1.32 bits per heavy atom. The van der Waals surface area contributed by atoms with Crippen LogP contribution in [0.5, 0.6) is 0 Å². The van der Waals surface area contributed by atoms with Crippen LogP contribution in [-0.2, 0) is 6.54 Å². The third-order valence-corrected chi connectivity index (χ3v) is 4.52. The molecule has 0 aliphatic carbocycles. The molecule has 0 aliphatic heterocycles. The minimum Gasteiger partial charge on any atom is -0.344 e. The lowest BCUT2D eigenvalue weighted by atomic mass is 10.2. The lowest BCUT2D eigenvalue weighted by Crippen LogP contribution is -2.21. The van der Waals surface area contributed by atoms with Crippen molar-refractivity contribution in [2.75, 3.05) is 11.4 Å². The first-order valence-electron chi connectivity index (χ1n) is 6.63. The number of nitrogens with two attached hydrogens (primary N) is 1. The van der Waals surface area contributed by atoms with Gasteiger partial charge in [-0.25, -0.2) is 4.98 Å². The second-order valence-electron chi connectivity index (χ2n) is 4.73. The van der Waals surface area contributed by atoms with E-state index in [2.05, 4.69) is 41.1 Å². The molecule has 1 atom stereocenters. The Morgan fingerprint density at radius 3 is 2.53 bits per heavy atom. The molecule has 0 saturated heterocycles. The number of hydrogen-bond donors (Lipinski definition) is 1. The highest BCUT2D eigenvalue weighted by Crippen LogP contribution is 2.30. The maximum atomic E-state index is 5.97. The van der Waals surface area contributed by atoms with E-state index in [0.717, 1.165) is 23.9 Å². The predicted molar refractivity (Wildman–Crippen MR) is 82.6 cm³/mol. The molecular formula is C15H21N3S. The maximum Gasteiger partial charge on any atom is 0.186 e. The van der Waals surface area contributed by atoms with Crippen LogP contribution in [0.1, 0.15) is 36.0 Å². The summed E-state index contributed by atoms with van der Waals surface area (Å²) >= 11 is 1.71. The highest BCUT2D eigenvalue weighted by molar-refractivity contribution is 7.15. The number of rotatable bonds is 5. The zero-order chi connectivity index (χ0) is 13.8. The Hall–Kier alpha value is -1.39. The van der Waals surface area contributed by atoms with Crippen LogP contribution >= 0.6 is 11.3 Å². The fourth-order valence-corrected chi connectivity index (χ4v) is 3.15. The molecule has 4 heteroatoms. The number of aromatic nitrogens is 1. The van der Waals surface area contributed by atoms with Crippen molar-refractivity contribution in [2.45, 2.75) is 33.4 Å². The number of benzene rings is 1. The van der Waals surface area contributed by atoms with Crippen molar-refractivity contribution in [3.63, 3.8) is 0 Å². The third-order valence-electron chi connectivity index (χ3n) is 3.10. The normalized spacial score (nSPS) is 12.4. The minimum absolute atomic E-state index is 0.0571. The van der Waals surface area contributed by atoms with Gasteiger partial charge in [-0.2, -0.15) is 0 Å². The zero-order valence-corrected chi connectivity index (χ0v) is 12.6. The first kappa shape index (κ1) is 14.0. The SMILES string of the molecule is CCN(Cc1ccccc1)c1nc(C)c(C(C)N)s1. The van der Waals surface area contributed by atoms with E-state index in [1.165, 1.54) is 10.4 Å². The monoisotopic (exact) mass is 275 g/mol. The van der Waals surface area contributed by atoms with Gasteiger partial charge in [0.25, 0.3) is 0 Å². The highest BCUT2D eigenvalue weighted by atomic mass is 32.1. The van der Waals surface area contributed by atoms with Crippen molar-refractivity contribution in [3.8, 4) is 0 Å². The molecular weight excluding hydrogens is 254 g/mol. The fourth-order valence-electron chi connectivity index (χ4n) is 2.07. The Morgan fingerprint density at radius 2 is 2.00 bits per heavy atom. The van der Waals surface area contributed by atoms with E-state index in [-0.39, 0.29) is 6.04 Å². The van der Waals surface area contributed by atoms with Crippen LogP contribution in [0.25, 0.3) is 0 Å². The molecule has 3 nitrogen and oxygen atoms in total. The minimum atomic E-state index is 0.0571. The first-order chi connectivity index (χ1) is 9.11. The smallest absolute Gasteiger partial charge is 0.186 e. The van der Waals surface area contributed by atoms with Crippen LogP contribution in [0.3, 0.4) is 0 Å². The van der Waals surface area contributed by atoms with Gasteiger partial charge in [-0.05, 0) is 26.3 Å². The summed E-state index contributed by atoms with van der Waals surface area (Å²) < 4.78 is 0. The van der Waals surface area contributed by atoms with Crippen LogP contribution in [0.2, 0.25) is 0 Å². The molecule has 0 spiro atoms. The molecule has 2 aromatic rings. The number of hydrogen-bond acceptors (Lipinski definition) is 4. The van der Waals surface area contributed by atoms with E-state index < -0.39 is 0 Å². The molecule has 0 bridgehead atoms. The van der Waals surface area contributed by atoms with Crippen molar-refractivity contribution in [1.29, 1.82) is 0 Å². The van der Waals surface area contributed by atoms with E-state index in [0.29, 0.717) is 0 Å². The maximum absolute atomic E-state index is 5.97. The topological polar surface area (TPSA) is 42.2 Å². The molecule has 102 valence electrons. The van der Waals surface area contributed by atoms with Gasteiger partial charge >= 0.3 is 0 Å². The average molecular weight is 275 g/mol. The second kappa shape index (κ2) is 6.17. The molecule has 1 aromatic heterocycles. The van der Waals surface area contributed by atoms with Gasteiger partial charge in [0.05, 0.1) is 5.69 Å². The zero-order valence-electron chi connectivity index (χ0n) is 11.8. The summed E-state index contributed by atoms with van der Waals surface area (Å²) in [7, 11) is 0. The van der Waals surface area contributed by atoms with Crippen LogP contribution in [0.4, 0.5) is 5.13 Å². The Kier molecular flexibility index (Phi) is 4.56. The molecule has 0 saturated carbocycles. The van der Waals surface area contributed by atoms with Gasteiger partial charge in [0, 0.05) is 24.0 Å². The molecule has 0 amide bonds. The molecule has 0 aliphatic rings. The predicted octanol–water partition coefficient (Wildman–Crippen LogP) is 3.50. The standard InChI is InChI=1S/C15H21N3S/c1-4-18(10-13-8-6-5-7-9-13)15-17-12(3)14(19-15)11(2)16/h5-9,11H,4,10,16H2,1-3H3. The molecule has 1 aromatic carbocycles. The Balaban J connectivity index is 2.20. The number of thiazole rings is 1. The first-order valence-corrected chi connectivity index (χ1v) is 7.45. The van der Waals surface area contributed by atoms with Crippen molar-refractivity contribution >= 4 is 16.5 Å². The van der Waals surface area contributed by atoms with Crippen molar-refractivity contribution in [2.24, 2.45) is 5.73 Å². The Labute approximate surface area is 119 Å². The highest BCUT2D eigenvalue weighted by Gasteiger charge is 2.15. The van der Waals surface area contributed by atoms with Gasteiger partial charge in [0.1, 0.15) is 0 Å². The summed E-state index contributed by atoms with van der Waals surface area (Å²) in [4.78, 5) is 8.14. The number of aryl methyl sites for hydroxylation is 1. The number of nitrogens with zero attached hydrogens (tertiary/aromatic N) is 2. The van der Waals surface area contributed by atoms with Crippen LogP contribution in [-0.4, -0.2) is 11.5 Å². The van der Waals surface area contributed by atoms with E-state index in [4.69, 9.17) is 5.73 Å². The quantitative estimate of drug-likeness (QED) is 0.908. The lowest BCUT2D eigenvalue weighted by Gasteiger charge is -2.19. The molecule has 1 unspecified atom stereocenters. The Bertz CT molecular complexity index is 519. The van der Waals surface area contributed by atoms with Gasteiger partial charge in [-0.15, -0.1) is 11.3 Å². The lowest BCUT2D eigenvalue weighted by molar-refractivity contribution is 0.815. The van der Waals surface area contributed by atoms with Gasteiger partial charge in [-0.1, -0.05) is 30.3 Å². The van der Waals surface area contributed by atoms with Crippen molar-refractivity contribution in [1.82, 2.24) is 4.98 Å². The van der Waals surface area contributed by atoms with Crippen molar-refractivity contribution in [3.05, 3.63) is 46.5 Å². The molecule has 2 N–H and O–H groups in total. The van der Waals surface area contributed by atoms with Crippen LogP contribution < -0.4 is 10.6 Å². The second-order valence-corrected chi connectivity index (χ2v) is 5.74.